The Balaban J connectivity index is 2.71. The molecule has 4 nitrogen and oxygen atoms in total. The van der Waals surface area contributed by atoms with Crippen molar-refractivity contribution < 1.29 is 19.4 Å². The van der Waals surface area contributed by atoms with Gasteiger partial charge in [0.25, 0.3) is 0 Å². The summed E-state index contributed by atoms with van der Waals surface area (Å²) in [5.74, 6) is -0.797. The molecule has 1 saturated carbocycles. The molecule has 1 aliphatic rings. The van der Waals surface area contributed by atoms with Crippen molar-refractivity contribution in [2.45, 2.75) is 18.4 Å². The summed E-state index contributed by atoms with van der Waals surface area (Å²) in [6.07, 6.45) is 1.84. The van der Waals surface area contributed by atoms with Crippen LogP contribution < -0.4 is 0 Å². The van der Waals surface area contributed by atoms with Crippen molar-refractivity contribution in [2.75, 3.05) is 20.8 Å². The molecule has 1 aliphatic carbocycles. The quantitative estimate of drug-likeness (QED) is 0.660. The highest BCUT2D eigenvalue weighted by atomic mass is 16.6. The van der Waals surface area contributed by atoms with Crippen molar-refractivity contribution in [1.29, 1.82) is 0 Å². The summed E-state index contributed by atoms with van der Waals surface area (Å²) in [6.45, 7) is 0.128. The molecule has 0 heterocycles. The fourth-order valence-corrected chi connectivity index (χ4v) is 1.43. The Bertz CT molecular complexity index is 176. The minimum atomic E-state index is -1.10. The van der Waals surface area contributed by atoms with Gasteiger partial charge in [0.1, 0.15) is 0 Å². The Kier molecular flexibility index (Phi) is 2.69. The van der Waals surface area contributed by atoms with Gasteiger partial charge < -0.3 is 14.6 Å². The van der Waals surface area contributed by atoms with Crippen LogP contribution in [0.5, 0.6) is 0 Å². The molecule has 0 aromatic rings. The summed E-state index contributed by atoms with van der Waals surface area (Å²) in [7, 11) is 2.91. The van der Waals surface area contributed by atoms with Crippen molar-refractivity contribution >= 4 is 5.97 Å². The average molecular weight is 174 g/mol. The first-order valence-corrected chi connectivity index (χ1v) is 3.95. The molecule has 0 amide bonds. The van der Waals surface area contributed by atoms with E-state index in [0.29, 0.717) is 0 Å². The van der Waals surface area contributed by atoms with E-state index in [4.69, 9.17) is 14.6 Å². The van der Waals surface area contributed by atoms with Crippen molar-refractivity contribution in [3.63, 3.8) is 0 Å². The number of carboxylic acid groups (broad SMARTS) is 1. The van der Waals surface area contributed by atoms with Crippen LogP contribution in [-0.4, -0.2) is 37.5 Å². The van der Waals surface area contributed by atoms with Crippen LogP contribution in [0.2, 0.25) is 0 Å². The summed E-state index contributed by atoms with van der Waals surface area (Å²) >= 11 is 0. The third-order valence-electron chi connectivity index (χ3n) is 2.32. The zero-order valence-electron chi connectivity index (χ0n) is 7.37. The summed E-state index contributed by atoms with van der Waals surface area (Å²) in [5, 5.41) is 8.96. The van der Waals surface area contributed by atoms with Crippen LogP contribution >= 0.6 is 0 Å². The monoisotopic (exact) mass is 174 g/mol. The fraction of sp³-hybridized carbons (Fsp3) is 0.875. The second-order valence-electron chi connectivity index (χ2n) is 3.11. The van der Waals surface area contributed by atoms with E-state index in [0.717, 1.165) is 12.8 Å². The maximum absolute atomic E-state index is 10.9. The molecule has 70 valence electrons. The molecule has 12 heavy (non-hydrogen) atoms. The summed E-state index contributed by atoms with van der Waals surface area (Å²) in [5.41, 5.74) is -1.10. The second kappa shape index (κ2) is 3.41. The average Bonchev–Trinajstić information content (AvgIpc) is 2.82. The Morgan fingerprint density at radius 1 is 1.58 bits per heavy atom. The minimum absolute atomic E-state index is 0.125. The minimum Gasteiger partial charge on any atom is -0.479 e. The SMILES string of the molecule is COCC(OC)(C(=O)O)C1CC1. The number of ether oxygens (including phenoxy) is 2. The molecule has 1 unspecified atom stereocenters. The van der Waals surface area contributed by atoms with Crippen molar-refractivity contribution in [2.24, 2.45) is 5.92 Å². The summed E-state index contributed by atoms with van der Waals surface area (Å²) in [6, 6.07) is 0. The van der Waals surface area contributed by atoms with E-state index in [1.54, 1.807) is 0 Å². The lowest BCUT2D eigenvalue weighted by Crippen LogP contribution is -2.47. The molecule has 0 spiro atoms. The van der Waals surface area contributed by atoms with Gasteiger partial charge in [-0.25, -0.2) is 4.79 Å². The smallest absolute Gasteiger partial charge is 0.338 e. The lowest BCUT2D eigenvalue weighted by molar-refractivity contribution is -0.172. The van der Waals surface area contributed by atoms with Gasteiger partial charge in [0, 0.05) is 20.1 Å². The molecule has 0 bridgehead atoms. The van der Waals surface area contributed by atoms with Gasteiger partial charge >= 0.3 is 5.97 Å². The van der Waals surface area contributed by atoms with Gasteiger partial charge in [0.2, 0.25) is 0 Å². The molecule has 0 aliphatic heterocycles. The summed E-state index contributed by atoms with van der Waals surface area (Å²) in [4.78, 5) is 10.9. The van der Waals surface area contributed by atoms with Crippen LogP contribution in [0.4, 0.5) is 0 Å². The third-order valence-corrected chi connectivity index (χ3v) is 2.32. The molecule has 1 N–H and O–H groups in total. The van der Waals surface area contributed by atoms with Gasteiger partial charge in [-0.2, -0.15) is 0 Å². The molecule has 0 aromatic heterocycles. The molecular formula is C8H14O4. The number of methoxy groups -OCH3 is 2. The summed E-state index contributed by atoms with van der Waals surface area (Å²) < 4.78 is 9.89. The van der Waals surface area contributed by atoms with Crippen LogP contribution in [0.25, 0.3) is 0 Å². The van der Waals surface area contributed by atoms with E-state index in [9.17, 15) is 4.79 Å². The van der Waals surface area contributed by atoms with Crippen LogP contribution in [0.15, 0.2) is 0 Å². The predicted octanol–water partition coefficient (Wildman–Crippen LogP) is 0.513. The van der Waals surface area contributed by atoms with Gasteiger partial charge in [0.15, 0.2) is 5.60 Å². The molecule has 0 aromatic carbocycles. The molecular weight excluding hydrogens is 160 g/mol. The fourth-order valence-electron chi connectivity index (χ4n) is 1.43. The lowest BCUT2D eigenvalue weighted by atomic mass is 9.99. The zero-order chi connectivity index (χ0) is 9.19. The number of hydrogen-bond donors (Lipinski definition) is 1. The molecule has 0 saturated heterocycles. The standard InChI is InChI=1S/C8H14O4/c1-11-5-8(12-2,7(9)10)6-3-4-6/h6H,3-5H2,1-2H3,(H,9,10). The van der Waals surface area contributed by atoms with Crippen LogP contribution in [-0.2, 0) is 14.3 Å². The Morgan fingerprint density at radius 2 is 2.17 bits per heavy atom. The first kappa shape index (κ1) is 9.48. The molecule has 0 radical (unpaired) electrons. The third kappa shape index (κ3) is 1.44. The largest absolute Gasteiger partial charge is 0.479 e. The molecule has 1 fully saturated rings. The zero-order valence-corrected chi connectivity index (χ0v) is 7.37. The predicted molar refractivity (Wildman–Crippen MR) is 42.0 cm³/mol. The maximum Gasteiger partial charge on any atom is 0.338 e. The van der Waals surface area contributed by atoms with E-state index >= 15 is 0 Å². The van der Waals surface area contributed by atoms with Crippen molar-refractivity contribution in [1.82, 2.24) is 0 Å². The van der Waals surface area contributed by atoms with Gasteiger partial charge in [0.05, 0.1) is 6.61 Å². The highest BCUT2D eigenvalue weighted by Crippen LogP contribution is 2.42. The highest BCUT2D eigenvalue weighted by molar-refractivity contribution is 5.78. The highest BCUT2D eigenvalue weighted by Gasteiger charge is 2.52. The Labute approximate surface area is 71.5 Å². The first-order valence-electron chi connectivity index (χ1n) is 3.95. The van der Waals surface area contributed by atoms with E-state index in [2.05, 4.69) is 0 Å². The van der Waals surface area contributed by atoms with E-state index in [-0.39, 0.29) is 12.5 Å². The molecule has 1 atom stereocenters. The Hall–Kier alpha value is -0.610. The van der Waals surface area contributed by atoms with E-state index in [1.165, 1.54) is 14.2 Å². The topological polar surface area (TPSA) is 55.8 Å². The number of carbonyl (C=O) groups is 1. The Morgan fingerprint density at radius 3 is 2.42 bits per heavy atom. The number of carboxylic acids is 1. The molecule has 1 rings (SSSR count). The van der Waals surface area contributed by atoms with E-state index < -0.39 is 11.6 Å². The van der Waals surface area contributed by atoms with Gasteiger partial charge in [-0.05, 0) is 12.8 Å². The first-order chi connectivity index (χ1) is 5.67. The van der Waals surface area contributed by atoms with Gasteiger partial charge in [-0.3, -0.25) is 0 Å². The lowest BCUT2D eigenvalue weighted by Gasteiger charge is -2.26. The van der Waals surface area contributed by atoms with E-state index in [1.807, 2.05) is 0 Å². The van der Waals surface area contributed by atoms with Gasteiger partial charge in [-0.15, -0.1) is 0 Å². The number of hydrogen-bond acceptors (Lipinski definition) is 3. The maximum atomic E-state index is 10.9. The van der Waals surface area contributed by atoms with Crippen LogP contribution in [0.3, 0.4) is 0 Å². The molecule has 4 heteroatoms. The second-order valence-corrected chi connectivity index (χ2v) is 3.11. The van der Waals surface area contributed by atoms with Crippen molar-refractivity contribution in [3.05, 3.63) is 0 Å². The number of aliphatic carboxylic acids is 1. The van der Waals surface area contributed by atoms with Gasteiger partial charge in [-0.1, -0.05) is 0 Å². The normalized spacial score (nSPS) is 21.8. The van der Waals surface area contributed by atoms with Crippen molar-refractivity contribution in [3.8, 4) is 0 Å². The number of rotatable bonds is 5. The van der Waals surface area contributed by atoms with Crippen LogP contribution in [0, 0.1) is 5.92 Å². The van der Waals surface area contributed by atoms with Crippen LogP contribution in [0.1, 0.15) is 12.8 Å².